The van der Waals surface area contributed by atoms with Gasteiger partial charge in [0.25, 0.3) is 5.91 Å². The lowest BCUT2D eigenvalue weighted by Gasteiger charge is -2.43. The van der Waals surface area contributed by atoms with Crippen LogP contribution in [0.1, 0.15) is 53.9 Å². The first-order valence-electron chi connectivity index (χ1n) is 8.29. The van der Waals surface area contributed by atoms with Gasteiger partial charge in [0.2, 0.25) is 5.91 Å². The van der Waals surface area contributed by atoms with Gasteiger partial charge in [0, 0.05) is 6.04 Å². The Morgan fingerprint density at radius 2 is 1.91 bits per heavy atom. The molecule has 0 saturated carbocycles. The highest BCUT2D eigenvalue weighted by molar-refractivity contribution is 6.04. The van der Waals surface area contributed by atoms with Gasteiger partial charge >= 0.3 is 0 Å². The molecule has 0 radical (unpaired) electrons. The van der Waals surface area contributed by atoms with Gasteiger partial charge in [-0.15, -0.1) is 0 Å². The minimum atomic E-state index is -0.739. The number of imide groups is 1. The van der Waals surface area contributed by atoms with Crippen molar-refractivity contribution in [1.29, 1.82) is 0 Å². The molecule has 1 aliphatic heterocycles. The highest BCUT2D eigenvalue weighted by Crippen LogP contribution is 2.26. The molecule has 0 aromatic rings. The molecule has 1 unspecified atom stereocenters. The van der Waals surface area contributed by atoms with Crippen LogP contribution in [0, 0.1) is 5.41 Å². The summed E-state index contributed by atoms with van der Waals surface area (Å²) in [5.41, 5.74) is 2.98. The van der Waals surface area contributed by atoms with Crippen molar-refractivity contribution in [3.05, 3.63) is 11.8 Å². The van der Waals surface area contributed by atoms with Gasteiger partial charge in [-0.1, -0.05) is 6.42 Å². The van der Waals surface area contributed by atoms with Crippen molar-refractivity contribution in [2.75, 3.05) is 13.2 Å². The molecule has 132 valence electrons. The van der Waals surface area contributed by atoms with Gasteiger partial charge in [0.1, 0.15) is 5.70 Å². The van der Waals surface area contributed by atoms with Crippen LogP contribution in [0.3, 0.4) is 0 Å². The van der Waals surface area contributed by atoms with Gasteiger partial charge in [-0.25, -0.2) is 0 Å². The van der Waals surface area contributed by atoms with E-state index < -0.39 is 16.9 Å². The summed E-state index contributed by atoms with van der Waals surface area (Å²) in [5, 5.41) is 11.7. The van der Waals surface area contributed by atoms with E-state index in [1.165, 1.54) is 12.5 Å². The lowest BCUT2D eigenvalue weighted by molar-refractivity contribution is -0.325. The molecule has 0 aromatic carbocycles. The monoisotopic (exact) mass is 326 g/mol. The maximum Gasteiger partial charge on any atom is 0.256 e. The number of piperidine rings is 1. The second-order valence-corrected chi connectivity index (χ2v) is 7.63. The van der Waals surface area contributed by atoms with Crippen LogP contribution in [-0.4, -0.2) is 46.6 Å². The van der Waals surface area contributed by atoms with Crippen LogP contribution in [0.25, 0.3) is 0 Å². The maximum absolute atomic E-state index is 12.5. The number of hydrogen-bond donors (Lipinski definition) is 3. The van der Waals surface area contributed by atoms with E-state index >= 15 is 0 Å². The molecule has 23 heavy (non-hydrogen) atoms. The van der Waals surface area contributed by atoms with Gasteiger partial charge in [0.05, 0.1) is 23.6 Å². The largest absolute Gasteiger partial charge is 0.395 e. The zero-order chi connectivity index (χ0) is 17.8. The van der Waals surface area contributed by atoms with E-state index in [4.69, 9.17) is 0 Å². The number of rotatable bonds is 5. The maximum atomic E-state index is 12.5. The quantitative estimate of drug-likeness (QED) is 0.638. The van der Waals surface area contributed by atoms with Crippen molar-refractivity contribution in [3.63, 3.8) is 0 Å². The predicted molar refractivity (Wildman–Crippen MR) is 89.1 cm³/mol. The van der Waals surface area contributed by atoms with E-state index in [-0.39, 0.29) is 12.5 Å². The molecule has 1 aliphatic rings. The van der Waals surface area contributed by atoms with Gasteiger partial charge in [-0.05, 0) is 54.0 Å². The zero-order valence-electron chi connectivity index (χ0n) is 15.1. The minimum absolute atomic E-state index is 0.111. The van der Waals surface area contributed by atoms with Crippen molar-refractivity contribution in [2.24, 2.45) is 5.41 Å². The molecule has 6 heteroatoms. The van der Waals surface area contributed by atoms with Crippen LogP contribution < -0.4 is 11.1 Å². The average molecular weight is 326 g/mol. The molecular weight excluding hydrogens is 294 g/mol. The molecule has 0 aromatic heterocycles. The Kier molecular flexibility index (Phi) is 6.50. The lowest BCUT2D eigenvalue weighted by atomic mass is 9.90. The van der Waals surface area contributed by atoms with Gasteiger partial charge in [0.15, 0.2) is 0 Å². The smallest absolute Gasteiger partial charge is 0.256 e. The van der Waals surface area contributed by atoms with E-state index in [9.17, 15) is 14.7 Å². The molecule has 1 rings (SSSR count). The Hall–Kier alpha value is -1.24. The fourth-order valence-corrected chi connectivity index (χ4v) is 2.82. The standard InChI is InChI=1S/C17H31N3O3/c1-12-8-6-7-9-20(12)17(4,5)15(23)19-14(22)10-13(18)16(2,3)11-21/h10,12,21H,6-9,11,18H2,1-5H3,(H,19,22,23)/p+1. The van der Waals surface area contributed by atoms with E-state index in [1.54, 1.807) is 13.8 Å². The van der Waals surface area contributed by atoms with E-state index in [0.717, 1.165) is 19.4 Å². The minimum Gasteiger partial charge on any atom is -0.395 e. The number of carbonyl (C=O) groups is 2. The highest BCUT2D eigenvalue weighted by Gasteiger charge is 2.39. The molecule has 1 atom stereocenters. The first kappa shape index (κ1) is 19.8. The fourth-order valence-electron chi connectivity index (χ4n) is 2.82. The summed E-state index contributed by atoms with van der Waals surface area (Å²) >= 11 is 0. The van der Waals surface area contributed by atoms with Gasteiger partial charge in [-0.2, -0.15) is 0 Å². The van der Waals surface area contributed by atoms with Crippen LogP contribution in [-0.2, 0) is 9.59 Å². The number of aliphatic hydroxyl groups is 1. The van der Waals surface area contributed by atoms with E-state index in [2.05, 4.69) is 22.9 Å². The molecule has 6 nitrogen and oxygen atoms in total. The molecule has 0 aliphatic carbocycles. The number of nitrogens with one attached hydrogen (secondary N) is 1. The molecule has 5 N–H and O–H groups in total. The number of quaternary nitrogens is 1. The first-order chi connectivity index (χ1) is 10.5. The number of hydrogen-bond acceptors (Lipinski definition) is 4. The Labute approximate surface area is 139 Å². The van der Waals surface area contributed by atoms with E-state index in [0.29, 0.717) is 11.7 Å². The predicted octanol–water partition coefficient (Wildman–Crippen LogP) is 0.427. The van der Waals surface area contributed by atoms with Crippen LogP contribution in [0.2, 0.25) is 0 Å². The first-order valence-corrected chi connectivity index (χ1v) is 8.29. The SMILES string of the molecule is CC1CCCCN1C(C)(C)C(=O)NC(=O)C=C([NH3+])C(C)(C)CO. The third-order valence-electron chi connectivity index (χ3n) is 4.88. The molecule has 2 amide bonds. The summed E-state index contributed by atoms with van der Waals surface area (Å²) in [5.74, 6) is -0.790. The molecular formula is C17H32N3O3+. The summed E-state index contributed by atoms with van der Waals surface area (Å²) < 4.78 is 0. The van der Waals surface area contributed by atoms with Crippen LogP contribution in [0.4, 0.5) is 0 Å². The summed E-state index contributed by atoms with van der Waals surface area (Å²) in [4.78, 5) is 26.8. The molecule has 1 saturated heterocycles. The van der Waals surface area contributed by atoms with E-state index in [1.807, 2.05) is 13.8 Å². The van der Waals surface area contributed by atoms with Gasteiger partial charge in [-0.3, -0.25) is 19.8 Å². The van der Waals surface area contributed by atoms with Crippen LogP contribution >= 0.6 is 0 Å². The molecule has 0 bridgehead atoms. The second-order valence-electron chi connectivity index (χ2n) is 7.63. The van der Waals surface area contributed by atoms with Crippen LogP contribution in [0.15, 0.2) is 11.8 Å². The van der Waals surface area contributed by atoms with Crippen molar-refractivity contribution in [1.82, 2.24) is 10.2 Å². The van der Waals surface area contributed by atoms with Crippen molar-refractivity contribution < 1.29 is 20.4 Å². The number of nitrogens with zero attached hydrogens (tertiary/aromatic N) is 1. The second kappa shape index (κ2) is 7.55. The topological polar surface area (TPSA) is 97.3 Å². The Morgan fingerprint density at radius 1 is 1.30 bits per heavy atom. The number of amides is 2. The third-order valence-corrected chi connectivity index (χ3v) is 4.88. The summed E-state index contributed by atoms with van der Waals surface area (Å²) in [7, 11) is 0. The summed E-state index contributed by atoms with van der Waals surface area (Å²) in [6.45, 7) is 10.2. The Morgan fingerprint density at radius 3 is 2.43 bits per heavy atom. The Balaban J connectivity index is 2.77. The van der Waals surface area contributed by atoms with Crippen molar-refractivity contribution >= 4 is 11.8 Å². The molecule has 1 fully saturated rings. The zero-order valence-corrected chi connectivity index (χ0v) is 15.1. The molecule has 0 spiro atoms. The normalized spacial score (nSPS) is 21.2. The van der Waals surface area contributed by atoms with Crippen molar-refractivity contribution in [2.45, 2.75) is 65.5 Å². The van der Waals surface area contributed by atoms with Crippen molar-refractivity contribution in [3.8, 4) is 0 Å². The summed E-state index contributed by atoms with van der Waals surface area (Å²) in [6, 6.07) is 0.326. The average Bonchev–Trinajstić information content (AvgIpc) is 2.47. The number of aliphatic hydroxyl groups excluding tert-OH is 1. The number of carbonyl (C=O) groups excluding carboxylic acids is 2. The third kappa shape index (κ3) is 4.86. The lowest BCUT2D eigenvalue weighted by Crippen LogP contribution is -2.60. The van der Waals surface area contributed by atoms with Crippen LogP contribution in [0.5, 0.6) is 0 Å². The molecule has 1 heterocycles. The fraction of sp³-hybridized carbons (Fsp3) is 0.765. The highest BCUT2D eigenvalue weighted by atomic mass is 16.3. The summed E-state index contributed by atoms with van der Waals surface area (Å²) in [6.07, 6.45) is 4.61. The Bertz CT molecular complexity index is 483. The van der Waals surface area contributed by atoms with Gasteiger partial charge < -0.3 is 10.8 Å². The number of likely N-dealkylation sites (tertiary alicyclic amines) is 1.